The van der Waals surface area contributed by atoms with E-state index in [2.05, 4.69) is 24.7 Å². The lowest BCUT2D eigenvalue weighted by Crippen LogP contribution is -1.96. The van der Waals surface area contributed by atoms with Crippen molar-refractivity contribution in [2.24, 2.45) is 4.99 Å². The molecular formula is C13H15NO. The molecule has 0 unspecified atom stereocenters. The smallest absolute Gasteiger partial charge is 0.266 e. The van der Waals surface area contributed by atoms with E-state index >= 15 is 0 Å². The number of allylic oxidation sites excluding steroid dienone is 1. The monoisotopic (exact) mass is 201 g/mol. The summed E-state index contributed by atoms with van der Waals surface area (Å²) < 4.78 is 0. The van der Waals surface area contributed by atoms with Crippen LogP contribution in [0.3, 0.4) is 0 Å². The highest BCUT2D eigenvalue weighted by atomic mass is 16.1. The van der Waals surface area contributed by atoms with Crippen molar-refractivity contribution in [3.8, 4) is 0 Å². The predicted molar refractivity (Wildman–Crippen MR) is 62.5 cm³/mol. The summed E-state index contributed by atoms with van der Waals surface area (Å²) in [6, 6.07) is 7.55. The van der Waals surface area contributed by atoms with Crippen molar-refractivity contribution >= 4 is 11.8 Å². The van der Waals surface area contributed by atoms with Crippen LogP contribution in [0.1, 0.15) is 42.6 Å². The van der Waals surface area contributed by atoms with Gasteiger partial charge < -0.3 is 0 Å². The number of benzene rings is 1. The minimum atomic E-state index is -0.240. The molecule has 0 radical (unpaired) electrons. The van der Waals surface area contributed by atoms with Gasteiger partial charge in [-0.1, -0.05) is 26.0 Å². The Morgan fingerprint density at radius 2 is 2.20 bits per heavy atom. The molecule has 0 saturated heterocycles. The van der Waals surface area contributed by atoms with Crippen LogP contribution in [-0.2, 0) is 0 Å². The number of aliphatic imine (C=N–C) groups is 1. The van der Waals surface area contributed by atoms with Crippen LogP contribution in [0.15, 0.2) is 35.3 Å². The van der Waals surface area contributed by atoms with Crippen molar-refractivity contribution in [2.45, 2.75) is 26.7 Å². The zero-order chi connectivity index (χ0) is 11.3. The first-order valence-corrected chi connectivity index (χ1v) is 5.03. The minimum Gasteiger partial charge on any atom is -0.266 e. The van der Waals surface area contributed by atoms with Crippen LogP contribution < -0.4 is 0 Å². The topological polar surface area (TPSA) is 29.4 Å². The van der Waals surface area contributed by atoms with Crippen LogP contribution in [0.25, 0.3) is 0 Å². The Kier molecular flexibility index (Phi) is 4.02. The van der Waals surface area contributed by atoms with Gasteiger partial charge in [-0.2, -0.15) is 4.99 Å². The highest BCUT2D eigenvalue weighted by Gasteiger charge is 2.05. The fraction of sp³-hybridized carbons (Fsp3) is 0.308. The zero-order valence-electron chi connectivity index (χ0n) is 9.32. The standard InChI is InChI=1S/C13H15NO/c1-4-8-14-13(15)12-7-5-6-11(9-12)10(2)3/h4-7,9-10H,1-3H3. The molecule has 15 heavy (non-hydrogen) atoms. The van der Waals surface area contributed by atoms with Crippen molar-refractivity contribution in [2.75, 3.05) is 0 Å². The normalized spacial score (nSPS) is 9.60. The maximum Gasteiger partial charge on any atom is 0.285 e. The van der Waals surface area contributed by atoms with Crippen molar-refractivity contribution in [3.63, 3.8) is 0 Å². The lowest BCUT2D eigenvalue weighted by Gasteiger charge is -2.05. The number of carbonyl (C=O) groups is 1. The first-order chi connectivity index (χ1) is 7.15. The lowest BCUT2D eigenvalue weighted by atomic mass is 10.0. The average Bonchev–Trinajstić information content (AvgIpc) is 2.26. The van der Waals surface area contributed by atoms with E-state index in [0.717, 1.165) is 5.56 Å². The Bertz CT molecular complexity index is 412. The molecule has 2 nitrogen and oxygen atoms in total. The maximum atomic E-state index is 11.5. The third-order valence-electron chi connectivity index (χ3n) is 2.10. The summed E-state index contributed by atoms with van der Waals surface area (Å²) in [7, 11) is 0. The molecule has 0 fully saturated rings. The Morgan fingerprint density at radius 3 is 2.80 bits per heavy atom. The lowest BCUT2D eigenvalue weighted by molar-refractivity contribution is 0.100. The molecular weight excluding hydrogens is 186 g/mol. The van der Waals surface area contributed by atoms with Gasteiger partial charge in [0.25, 0.3) is 5.91 Å². The molecule has 0 aliphatic carbocycles. The molecule has 78 valence electrons. The van der Waals surface area contributed by atoms with Gasteiger partial charge >= 0.3 is 0 Å². The van der Waals surface area contributed by atoms with E-state index in [9.17, 15) is 4.79 Å². The Balaban J connectivity index is 3.00. The van der Waals surface area contributed by atoms with E-state index in [1.807, 2.05) is 18.2 Å². The van der Waals surface area contributed by atoms with Crippen molar-refractivity contribution in [1.82, 2.24) is 0 Å². The van der Waals surface area contributed by atoms with E-state index in [1.165, 1.54) is 0 Å². The van der Waals surface area contributed by atoms with Gasteiger partial charge in [0, 0.05) is 5.56 Å². The fourth-order valence-electron chi connectivity index (χ4n) is 1.22. The maximum absolute atomic E-state index is 11.5. The van der Waals surface area contributed by atoms with E-state index in [0.29, 0.717) is 11.5 Å². The molecule has 0 aromatic heterocycles. The van der Waals surface area contributed by atoms with E-state index < -0.39 is 0 Å². The quantitative estimate of drug-likeness (QED) is 0.675. The van der Waals surface area contributed by atoms with Gasteiger partial charge in [-0.3, -0.25) is 4.79 Å². The van der Waals surface area contributed by atoms with Gasteiger partial charge in [-0.15, -0.1) is 0 Å². The van der Waals surface area contributed by atoms with Gasteiger partial charge in [0.2, 0.25) is 0 Å². The third kappa shape index (κ3) is 3.19. The molecule has 1 aromatic carbocycles. The zero-order valence-corrected chi connectivity index (χ0v) is 9.32. The number of amides is 1. The average molecular weight is 201 g/mol. The first kappa shape index (κ1) is 11.4. The molecule has 1 amide bonds. The molecule has 0 aliphatic heterocycles. The highest BCUT2D eigenvalue weighted by Crippen LogP contribution is 2.15. The largest absolute Gasteiger partial charge is 0.285 e. The number of carbonyl (C=O) groups excluding carboxylic acids is 1. The van der Waals surface area contributed by atoms with Gasteiger partial charge in [-0.05, 0) is 42.5 Å². The molecule has 0 spiro atoms. The van der Waals surface area contributed by atoms with E-state index in [1.54, 1.807) is 19.1 Å². The summed E-state index contributed by atoms with van der Waals surface area (Å²) in [6.45, 7) is 5.97. The molecule has 0 saturated carbocycles. The van der Waals surface area contributed by atoms with Gasteiger partial charge in [0.15, 0.2) is 0 Å². The van der Waals surface area contributed by atoms with E-state index in [-0.39, 0.29) is 5.91 Å². The molecule has 0 bridgehead atoms. The first-order valence-electron chi connectivity index (χ1n) is 5.03. The number of nitrogens with zero attached hydrogens (tertiary/aromatic N) is 1. The van der Waals surface area contributed by atoms with Gasteiger partial charge in [0.1, 0.15) is 0 Å². The predicted octanol–water partition coefficient (Wildman–Crippen LogP) is 3.20. The fourth-order valence-corrected chi connectivity index (χ4v) is 1.22. The Labute approximate surface area is 90.4 Å². The number of hydrogen-bond acceptors (Lipinski definition) is 1. The molecule has 1 aromatic rings. The van der Waals surface area contributed by atoms with Crippen LogP contribution in [0, 0.1) is 0 Å². The second kappa shape index (κ2) is 5.28. The summed E-state index contributed by atoms with van der Waals surface area (Å²) >= 11 is 0. The number of hydrogen-bond donors (Lipinski definition) is 0. The van der Waals surface area contributed by atoms with Crippen molar-refractivity contribution < 1.29 is 4.79 Å². The molecule has 0 atom stereocenters. The van der Waals surface area contributed by atoms with Gasteiger partial charge in [-0.25, -0.2) is 0 Å². The Morgan fingerprint density at radius 1 is 1.47 bits per heavy atom. The summed E-state index contributed by atoms with van der Waals surface area (Å²) in [6.07, 6.45) is 1.62. The molecule has 0 aliphatic rings. The molecule has 0 N–H and O–H groups in total. The SMILES string of the molecule is CC=C=NC(=O)c1cccc(C(C)C)c1. The summed E-state index contributed by atoms with van der Waals surface area (Å²) in [5.74, 6) is 2.73. The summed E-state index contributed by atoms with van der Waals surface area (Å²) in [5.41, 5.74) is 1.77. The van der Waals surface area contributed by atoms with Crippen LogP contribution >= 0.6 is 0 Å². The molecule has 2 heteroatoms. The minimum absolute atomic E-state index is 0.240. The summed E-state index contributed by atoms with van der Waals surface area (Å²) in [4.78, 5) is 15.2. The van der Waals surface area contributed by atoms with Crippen LogP contribution in [0.5, 0.6) is 0 Å². The molecule has 0 heterocycles. The van der Waals surface area contributed by atoms with Crippen LogP contribution in [-0.4, -0.2) is 11.8 Å². The number of rotatable bonds is 2. The third-order valence-corrected chi connectivity index (χ3v) is 2.10. The van der Waals surface area contributed by atoms with Crippen LogP contribution in [0.2, 0.25) is 0 Å². The summed E-state index contributed by atoms with van der Waals surface area (Å²) in [5, 5.41) is 0. The van der Waals surface area contributed by atoms with Crippen molar-refractivity contribution in [3.05, 3.63) is 41.5 Å². The highest BCUT2D eigenvalue weighted by molar-refractivity contribution is 5.98. The van der Waals surface area contributed by atoms with Crippen LogP contribution in [0.4, 0.5) is 0 Å². The molecule has 1 rings (SSSR count). The van der Waals surface area contributed by atoms with Gasteiger partial charge in [0.05, 0.1) is 0 Å². The second-order valence-corrected chi connectivity index (χ2v) is 3.61. The Hall–Kier alpha value is -1.66. The second-order valence-electron chi connectivity index (χ2n) is 3.61. The van der Waals surface area contributed by atoms with Crippen molar-refractivity contribution in [1.29, 1.82) is 0 Å². The van der Waals surface area contributed by atoms with E-state index in [4.69, 9.17) is 0 Å².